The monoisotopic (exact) mass is 447 g/mol. The summed E-state index contributed by atoms with van der Waals surface area (Å²) in [6.07, 6.45) is 0. The average molecular weight is 448 g/mol. The molecule has 7 nitrogen and oxygen atoms in total. The van der Waals surface area contributed by atoms with Crippen molar-refractivity contribution in [1.29, 1.82) is 0 Å². The Kier molecular flexibility index (Phi) is 8.25. The lowest BCUT2D eigenvalue weighted by Gasteiger charge is -1.99. The highest BCUT2D eigenvalue weighted by atomic mass is 32.2. The van der Waals surface area contributed by atoms with Gasteiger partial charge < -0.3 is 9.47 Å². The summed E-state index contributed by atoms with van der Waals surface area (Å²) >= 11 is 11.1. The van der Waals surface area contributed by atoms with E-state index in [0.29, 0.717) is 8.73 Å². The van der Waals surface area contributed by atoms with Gasteiger partial charge in [-0.1, -0.05) is 7.43 Å². The summed E-state index contributed by atoms with van der Waals surface area (Å²) in [5, 5.41) is 5.62. The Hall–Kier alpha value is -2.82. The van der Waals surface area contributed by atoms with E-state index in [1.807, 2.05) is 48.5 Å². The van der Waals surface area contributed by atoms with Crippen molar-refractivity contribution in [3.63, 3.8) is 0 Å². The third-order valence-electron chi connectivity index (χ3n) is 3.67. The number of rotatable bonds is 4. The number of methoxy groups -OCH3 is 2. The van der Waals surface area contributed by atoms with Crippen LogP contribution in [0.25, 0.3) is 22.8 Å². The van der Waals surface area contributed by atoms with Crippen LogP contribution in [-0.4, -0.2) is 38.8 Å². The van der Waals surface area contributed by atoms with Crippen molar-refractivity contribution in [1.82, 2.24) is 24.5 Å². The molecule has 0 saturated carbocycles. The SMILES string of the molecule is C.COc1ccc(-c2nc(=S)[nH][nH]2)cc1.COc1ccc(-c2nc(=S)s[nH]2)cc1. The number of nitrogens with zero attached hydrogens (tertiary/aromatic N) is 2. The molecule has 0 fully saturated rings. The molecular weight excluding hydrogens is 426 g/mol. The molecule has 4 rings (SSSR count). The van der Waals surface area contributed by atoms with Gasteiger partial charge in [-0.3, -0.25) is 14.6 Å². The number of aromatic nitrogens is 5. The molecule has 0 saturated heterocycles. The van der Waals surface area contributed by atoms with E-state index in [2.05, 4.69) is 24.5 Å². The van der Waals surface area contributed by atoms with Crippen molar-refractivity contribution in [2.75, 3.05) is 14.2 Å². The minimum absolute atomic E-state index is 0. The standard InChI is InChI=1S/C9H9N3OS.C9H8N2OS2.CH4/c1-13-7-4-2-6(3-5-7)8-10-9(14)12-11-8;1-12-7-4-2-6(3-5-7)8-10-9(13)14-11-8;/h2-5H,1H3,(H2,10,11,12,14);2-5H,1H3,(H,10,11,13);1H4. The number of hydrogen-bond acceptors (Lipinski definition) is 7. The van der Waals surface area contributed by atoms with Crippen LogP contribution in [0.3, 0.4) is 0 Å². The second-order valence-corrected chi connectivity index (χ2v) is 7.23. The molecule has 3 N–H and O–H groups in total. The van der Waals surface area contributed by atoms with E-state index < -0.39 is 0 Å². The molecule has 0 aliphatic carbocycles. The van der Waals surface area contributed by atoms with Gasteiger partial charge in [0.2, 0.25) is 4.77 Å². The van der Waals surface area contributed by atoms with Crippen LogP contribution >= 0.6 is 36.0 Å². The van der Waals surface area contributed by atoms with Gasteiger partial charge in [-0.25, -0.2) is 4.98 Å². The maximum absolute atomic E-state index is 5.06. The van der Waals surface area contributed by atoms with Crippen LogP contribution in [0.5, 0.6) is 11.5 Å². The van der Waals surface area contributed by atoms with Gasteiger partial charge in [0.05, 0.1) is 14.2 Å². The van der Waals surface area contributed by atoms with Crippen molar-refractivity contribution >= 4 is 36.0 Å². The number of hydrogen-bond donors (Lipinski definition) is 3. The summed E-state index contributed by atoms with van der Waals surface area (Å²) in [5.74, 6) is 3.20. The average Bonchev–Trinajstić information content (AvgIpc) is 3.37. The van der Waals surface area contributed by atoms with Gasteiger partial charge in [0.1, 0.15) is 17.3 Å². The van der Waals surface area contributed by atoms with Gasteiger partial charge in [0.25, 0.3) is 0 Å². The van der Waals surface area contributed by atoms with Crippen molar-refractivity contribution in [2.24, 2.45) is 0 Å². The molecule has 29 heavy (non-hydrogen) atoms. The van der Waals surface area contributed by atoms with Crippen molar-refractivity contribution in [2.45, 2.75) is 7.43 Å². The molecule has 0 bridgehead atoms. The van der Waals surface area contributed by atoms with E-state index in [0.717, 1.165) is 34.3 Å². The highest BCUT2D eigenvalue weighted by Gasteiger charge is 2.01. The number of benzene rings is 2. The maximum Gasteiger partial charge on any atom is 0.213 e. The van der Waals surface area contributed by atoms with Crippen LogP contribution in [0.15, 0.2) is 48.5 Å². The minimum Gasteiger partial charge on any atom is -0.497 e. The van der Waals surface area contributed by atoms with Gasteiger partial charge in [-0.05, 0) is 84.5 Å². The molecule has 0 aliphatic heterocycles. The Morgan fingerprint density at radius 1 is 0.759 bits per heavy atom. The number of nitrogens with one attached hydrogen (secondary N) is 3. The molecule has 4 aromatic rings. The molecule has 10 heteroatoms. The van der Waals surface area contributed by atoms with E-state index >= 15 is 0 Å². The van der Waals surface area contributed by atoms with Gasteiger partial charge in [-0.15, -0.1) is 0 Å². The summed E-state index contributed by atoms with van der Waals surface area (Å²) in [4.78, 5) is 8.27. The normalized spacial score (nSPS) is 9.72. The molecule has 0 unspecified atom stereocenters. The highest BCUT2D eigenvalue weighted by molar-refractivity contribution is 7.73. The Labute approximate surface area is 182 Å². The first kappa shape index (κ1) is 22.5. The fraction of sp³-hybridized carbons (Fsp3) is 0.158. The van der Waals surface area contributed by atoms with Crippen molar-refractivity contribution < 1.29 is 9.47 Å². The summed E-state index contributed by atoms with van der Waals surface area (Å²) in [5.41, 5.74) is 1.98. The molecule has 152 valence electrons. The van der Waals surface area contributed by atoms with E-state index in [9.17, 15) is 0 Å². The number of H-pyrrole nitrogens is 3. The molecule has 0 amide bonds. The topological polar surface area (TPSA) is 91.6 Å². The fourth-order valence-corrected chi connectivity index (χ4v) is 3.10. The Morgan fingerprint density at radius 2 is 1.28 bits per heavy atom. The maximum atomic E-state index is 5.06. The Bertz CT molecular complexity index is 1040. The molecule has 0 aliphatic rings. The van der Waals surface area contributed by atoms with E-state index in [1.165, 1.54) is 11.5 Å². The number of aromatic amines is 3. The lowest BCUT2D eigenvalue weighted by molar-refractivity contribution is 0.414. The van der Waals surface area contributed by atoms with Gasteiger partial charge >= 0.3 is 0 Å². The summed E-state index contributed by atoms with van der Waals surface area (Å²) in [6.45, 7) is 0. The molecular formula is C19H21N5O2S3. The van der Waals surface area contributed by atoms with Crippen LogP contribution in [0.4, 0.5) is 0 Å². The first-order chi connectivity index (χ1) is 13.6. The Balaban J connectivity index is 0.000000200. The zero-order valence-corrected chi connectivity index (χ0v) is 17.5. The third-order valence-corrected chi connectivity index (χ3v) is 4.76. The van der Waals surface area contributed by atoms with Gasteiger partial charge in [0, 0.05) is 11.1 Å². The molecule has 0 atom stereocenters. The second kappa shape index (κ2) is 10.6. The highest BCUT2D eigenvalue weighted by Crippen LogP contribution is 2.20. The summed E-state index contributed by atoms with van der Waals surface area (Å²) < 4.78 is 14.2. The van der Waals surface area contributed by atoms with Crippen LogP contribution < -0.4 is 9.47 Å². The predicted molar refractivity (Wildman–Crippen MR) is 122 cm³/mol. The lowest BCUT2D eigenvalue weighted by atomic mass is 10.2. The zero-order valence-electron chi connectivity index (χ0n) is 15.1. The van der Waals surface area contributed by atoms with Crippen LogP contribution in [0, 0.1) is 8.73 Å². The van der Waals surface area contributed by atoms with Crippen LogP contribution in [0.2, 0.25) is 0 Å². The first-order valence-corrected chi connectivity index (χ1v) is 9.71. The molecule has 0 radical (unpaired) electrons. The first-order valence-electron chi connectivity index (χ1n) is 8.08. The van der Waals surface area contributed by atoms with Crippen LogP contribution in [-0.2, 0) is 0 Å². The van der Waals surface area contributed by atoms with E-state index in [1.54, 1.807) is 14.2 Å². The van der Waals surface area contributed by atoms with Gasteiger partial charge in [0.15, 0.2) is 9.78 Å². The third kappa shape index (κ3) is 6.08. The van der Waals surface area contributed by atoms with Crippen LogP contribution in [0.1, 0.15) is 7.43 Å². The largest absolute Gasteiger partial charge is 0.497 e. The molecule has 2 aromatic heterocycles. The minimum atomic E-state index is 0. The molecule has 2 aromatic carbocycles. The number of ether oxygens (including phenoxy) is 2. The summed E-state index contributed by atoms with van der Waals surface area (Å²) in [6, 6.07) is 15.3. The predicted octanol–water partition coefficient (Wildman–Crippen LogP) is 5.66. The smallest absolute Gasteiger partial charge is 0.213 e. The zero-order chi connectivity index (χ0) is 19.9. The van der Waals surface area contributed by atoms with E-state index in [-0.39, 0.29) is 7.43 Å². The molecule has 0 spiro atoms. The molecule has 2 heterocycles. The van der Waals surface area contributed by atoms with Crippen molar-refractivity contribution in [3.05, 3.63) is 57.3 Å². The quantitative estimate of drug-likeness (QED) is 0.350. The van der Waals surface area contributed by atoms with E-state index in [4.69, 9.17) is 33.9 Å². The van der Waals surface area contributed by atoms with Crippen molar-refractivity contribution in [3.8, 4) is 34.3 Å². The second-order valence-electron chi connectivity index (χ2n) is 5.40. The lowest BCUT2D eigenvalue weighted by Crippen LogP contribution is -1.83. The summed E-state index contributed by atoms with van der Waals surface area (Å²) in [7, 11) is 3.28. The Morgan fingerprint density at radius 3 is 1.66 bits per heavy atom. The van der Waals surface area contributed by atoms with Gasteiger partial charge in [-0.2, -0.15) is 4.98 Å². The fourth-order valence-electron chi connectivity index (χ4n) is 2.26.